The third-order valence-corrected chi connectivity index (χ3v) is 5.14. The van der Waals surface area contributed by atoms with E-state index in [2.05, 4.69) is 29.1 Å². The Morgan fingerprint density at radius 2 is 1.96 bits per heavy atom. The van der Waals surface area contributed by atoms with Gasteiger partial charge in [-0.3, -0.25) is 4.79 Å². The molecule has 0 amide bonds. The second-order valence-electron chi connectivity index (χ2n) is 5.57. The van der Waals surface area contributed by atoms with Gasteiger partial charge in [0.1, 0.15) is 22.9 Å². The first-order valence-corrected chi connectivity index (χ1v) is 9.12. The number of thiophene rings is 1. The molecule has 2 aromatic heterocycles. The van der Waals surface area contributed by atoms with Gasteiger partial charge in [0.25, 0.3) is 0 Å². The predicted octanol–water partition coefficient (Wildman–Crippen LogP) is 4.81. The Bertz CT molecular complexity index is 922. The van der Waals surface area contributed by atoms with Crippen molar-refractivity contribution < 1.29 is 9.53 Å². The summed E-state index contributed by atoms with van der Waals surface area (Å²) in [5.41, 5.74) is 2.01. The largest absolute Gasteiger partial charge is 0.466 e. The Morgan fingerprint density at radius 3 is 2.64 bits per heavy atom. The summed E-state index contributed by atoms with van der Waals surface area (Å²) in [6.07, 6.45) is 0.0507. The lowest BCUT2D eigenvalue weighted by molar-refractivity contribution is -0.142. The lowest BCUT2D eigenvalue weighted by atomic mass is 10.2. The molecule has 25 heavy (non-hydrogen) atoms. The molecule has 1 aromatic carbocycles. The smallest absolute Gasteiger partial charge is 0.313 e. The third kappa shape index (κ3) is 3.91. The molecule has 0 unspecified atom stereocenters. The molecule has 0 aliphatic rings. The normalized spacial score (nSPS) is 10.9. The molecule has 0 radical (unpaired) electrons. The Labute approximate surface area is 155 Å². The van der Waals surface area contributed by atoms with Gasteiger partial charge in [0.05, 0.1) is 12.0 Å². The van der Waals surface area contributed by atoms with Crippen LogP contribution in [0.1, 0.15) is 23.2 Å². The topological polar surface area (TPSA) is 64.1 Å². The number of ether oxygens (including phenoxy) is 1. The number of rotatable bonds is 5. The van der Waals surface area contributed by atoms with Gasteiger partial charge in [-0.05, 0) is 50.6 Å². The number of nitrogens with one attached hydrogen (secondary N) is 1. The van der Waals surface area contributed by atoms with Gasteiger partial charge in [0, 0.05) is 15.6 Å². The van der Waals surface area contributed by atoms with E-state index in [1.165, 1.54) is 4.88 Å². The summed E-state index contributed by atoms with van der Waals surface area (Å²) in [5, 5.41) is 4.97. The lowest BCUT2D eigenvalue weighted by Gasteiger charge is -2.10. The van der Waals surface area contributed by atoms with Crippen molar-refractivity contribution in [2.24, 2.45) is 0 Å². The van der Waals surface area contributed by atoms with Crippen molar-refractivity contribution in [3.05, 3.63) is 45.6 Å². The van der Waals surface area contributed by atoms with Gasteiger partial charge in [0.15, 0.2) is 0 Å². The number of aromatic nitrogens is 2. The number of benzene rings is 1. The lowest BCUT2D eigenvalue weighted by Crippen LogP contribution is -2.11. The number of hydrogen-bond donors (Lipinski definition) is 1. The fourth-order valence-corrected chi connectivity index (χ4v) is 3.65. The van der Waals surface area contributed by atoms with Crippen molar-refractivity contribution in [3.63, 3.8) is 0 Å². The second-order valence-corrected chi connectivity index (χ2v) is 7.21. The molecule has 0 fully saturated rings. The van der Waals surface area contributed by atoms with Crippen LogP contribution in [0.25, 0.3) is 10.2 Å². The first kappa shape index (κ1) is 17.6. The zero-order chi connectivity index (χ0) is 18.0. The van der Waals surface area contributed by atoms with Crippen molar-refractivity contribution in [1.82, 2.24) is 9.97 Å². The minimum absolute atomic E-state index is 0.0507. The molecule has 3 rings (SSSR count). The Hall–Kier alpha value is -2.18. The maximum Gasteiger partial charge on any atom is 0.313 e. The van der Waals surface area contributed by atoms with Gasteiger partial charge in [-0.1, -0.05) is 11.6 Å². The van der Waals surface area contributed by atoms with Crippen molar-refractivity contribution in [3.8, 4) is 0 Å². The fourth-order valence-electron chi connectivity index (χ4n) is 2.47. The van der Waals surface area contributed by atoms with Crippen LogP contribution in [-0.4, -0.2) is 22.5 Å². The van der Waals surface area contributed by atoms with E-state index in [1.807, 2.05) is 24.3 Å². The molecule has 0 atom stereocenters. The van der Waals surface area contributed by atoms with E-state index >= 15 is 0 Å². The summed E-state index contributed by atoms with van der Waals surface area (Å²) < 4.78 is 5.01. The van der Waals surface area contributed by atoms with E-state index in [4.69, 9.17) is 16.3 Å². The van der Waals surface area contributed by atoms with Crippen LogP contribution in [0.15, 0.2) is 24.3 Å². The van der Waals surface area contributed by atoms with Gasteiger partial charge in [-0.15, -0.1) is 11.3 Å². The summed E-state index contributed by atoms with van der Waals surface area (Å²) >= 11 is 7.54. The van der Waals surface area contributed by atoms with Crippen LogP contribution in [0.5, 0.6) is 0 Å². The molecule has 2 heterocycles. The number of nitrogens with zero attached hydrogens (tertiary/aromatic N) is 2. The first-order valence-electron chi connectivity index (χ1n) is 7.92. The molecule has 5 nitrogen and oxygen atoms in total. The number of aryl methyl sites for hydroxylation is 2. The summed E-state index contributed by atoms with van der Waals surface area (Å²) in [6.45, 7) is 6.23. The number of carbonyl (C=O) groups excluding carboxylic acids is 1. The van der Waals surface area contributed by atoms with Crippen LogP contribution in [0, 0.1) is 13.8 Å². The Balaban J connectivity index is 2.03. The van der Waals surface area contributed by atoms with Gasteiger partial charge < -0.3 is 10.1 Å². The first-order chi connectivity index (χ1) is 12.0. The van der Waals surface area contributed by atoms with Crippen LogP contribution < -0.4 is 5.32 Å². The van der Waals surface area contributed by atoms with E-state index in [0.717, 1.165) is 21.5 Å². The van der Waals surface area contributed by atoms with Crippen molar-refractivity contribution in [2.75, 3.05) is 11.9 Å². The van der Waals surface area contributed by atoms with E-state index in [9.17, 15) is 4.79 Å². The van der Waals surface area contributed by atoms with Crippen LogP contribution in [0.3, 0.4) is 0 Å². The molecule has 130 valence electrons. The quantitative estimate of drug-likeness (QED) is 0.648. The Morgan fingerprint density at radius 1 is 1.24 bits per heavy atom. The Kier molecular flexibility index (Phi) is 5.20. The molecular formula is C18H18ClN3O2S. The van der Waals surface area contributed by atoms with Crippen molar-refractivity contribution in [2.45, 2.75) is 27.2 Å². The molecule has 0 spiro atoms. The zero-order valence-electron chi connectivity index (χ0n) is 14.2. The summed E-state index contributed by atoms with van der Waals surface area (Å²) in [5.74, 6) is 0.807. The van der Waals surface area contributed by atoms with Crippen molar-refractivity contribution in [1.29, 1.82) is 0 Å². The molecule has 0 bridgehead atoms. The highest BCUT2D eigenvalue weighted by Crippen LogP contribution is 2.34. The molecule has 0 aliphatic heterocycles. The minimum Gasteiger partial charge on any atom is -0.466 e. The molecule has 1 N–H and O–H groups in total. The molecule has 0 aliphatic carbocycles. The monoisotopic (exact) mass is 375 g/mol. The van der Waals surface area contributed by atoms with Gasteiger partial charge in [0.2, 0.25) is 0 Å². The maximum absolute atomic E-state index is 11.8. The van der Waals surface area contributed by atoms with Crippen molar-refractivity contribution >= 4 is 50.6 Å². The van der Waals surface area contributed by atoms with Crippen LogP contribution >= 0.6 is 22.9 Å². The standard InChI is InChI=1S/C18H18ClN3O2S/c1-4-24-15(23)9-14-21-17(20-13-7-5-12(19)6-8-13)16-10(2)11(3)25-18(16)22-14/h5-8H,4,9H2,1-3H3,(H,20,21,22). The van der Waals surface area contributed by atoms with Gasteiger partial charge >= 0.3 is 5.97 Å². The van der Waals surface area contributed by atoms with Gasteiger partial charge in [-0.2, -0.15) is 0 Å². The highest BCUT2D eigenvalue weighted by atomic mass is 35.5. The van der Waals surface area contributed by atoms with Crippen LogP contribution in [-0.2, 0) is 16.0 Å². The van der Waals surface area contributed by atoms with Crippen LogP contribution in [0.4, 0.5) is 11.5 Å². The maximum atomic E-state index is 11.8. The number of esters is 1. The average molecular weight is 376 g/mol. The second kappa shape index (κ2) is 7.37. The van der Waals surface area contributed by atoms with Crippen LogP contribution in [0.2, 0.25) is 5.02 Å². The van der Waals surface area contributed by atoms with E-state index < -0.39 is 0 Å². The summed E-state index contributed by atoms with van der Waals surface area (Å²) in [6, 6.07) is 7.40. The molecule has 0 saturated heterocycles. The highest BCUT2D eigenvalue weighted by Gasteiger charge is 2.16. The number of halogens is 1. The number of anilines is 2. The fraction of sp³-hybridized carbons (Fsp3) is 0.278. The van der Waals surface area contributed by atoms with E-state index in [-0.39, 0.29) is 12.4 Å². The average Bonchev–Trinajstić information content (AvgIpc) is 2.84. The highest BCUT2D eigenvalue weighted by molar-refractivity contribution is 7.18. The minimum atomic E-state index is -0.329. The van der Waals surface area contributed by atoms with Gasteiger partial charge in [-0.25, -0.2) is 9.97 Å². The molecular weight excluding hydrogens is 358 g/mol. The zero-order valence-corrected chi connectivity index (χ0v) is 15.8. The van der Waals surface area contributed by atoms with E-state index in [0.29, 0.717) is 23.3 Å². The molecule has 0 saturated carbocycles. The number of carbonyl (C=O) groups is 1. The molecule has 7 heteroatoms. The van der Waals surface area contributed by atoms with E-state index in [1.54, 1.807) is 18.3 Å². The summed E-state index contributed by atoms with van der Waals surface area (Å²) in [4.78, 5) is 22.9. The third-order valence-electron chi connectivity index (χ3n) is 3.79. The predicted molar refractivity (Wildman–Crippen MR) is 102 cm³/mol. The molecule has 3 aromatic rings. The SMILES string of the molecule is CCOC(=O)Cc1nc(Nc2ccc(Cl)cc2)c2c(C)c(C)sc2n1. The number of fused-ring (bicyclic) bond motifs is 1. The number of hydrogen-bond acceptors (Lipinski definition) is 6. The summed E-state index contributed by atoms with van der Waals surface area (Å²) in [7, 11) is 0.